The number of aldehydes is 1. The molecular weight excluding hydrogens is 599 g/mol. The van der Waals surface area contributed by atoms with E-state index in [1.165, 1.54) is 35.1 Å². The molecule has 0 saturated heterocycles. The normalized spacial score (nSPS) is 21.3. The number of aryl methyl sites for hydroxylation is 1. The largest absolute Gasteiger partial charge is 0.466 e. The average molecular weight is 631 g/mol. The van der Waals surface area contributed by atoms with Crippen LogP contribution in [0, 0.1) is 30.5 Å². The summed E-state index contributed by atoms with van der Waals surface area (Å²) in [6, 6.07) is 8.97. The van der Waals surface area contributed by atoms with Crippen LogP contribution in [0.15, 0.2) is 59.9 Å². The lowest BCUT2D eigenvalue weighted by Gasteiger charge is -2.47. The fourth-order valence-electron chi connectivity index (χ4n) is 6.94. The number of ether oxygens (including phenoxy) is 1. The van der Waals surface area contributed by atoms with E-state index in [0.29, 0.717) is 23.2 Å². The molecule has 5 aromatic rings. The van der Waals surface area contributed by atoms with Crippen molar-refractivity contribution in [3.05, 3.63) is 71.9 Å². The first-order valence-electron chi connectivity index (χ1n) is 15.0. The van der Waals surface area contributed by atoms with E-state index in [2.05, 4.69) is 15.4 Å². The molecule has 4 aromatic heterocycles. The van der Waals surface area contributed by atoms with Crippen LogP contribution in [-0.4, -0.2) is 56.9 Å². The number of carbonyl (C=O) groups is 2. The van der Waals surface area contributed by atoms with E-state index in [9.17, 15) is 22.4 Å². The number of fused-ring (bicyclic) bond motifs is 5. The second kappa shape index (κ2) is 11.1. The molecule has 232 valence electrons. The van der Waals surface area contributed by atoms with E-state index in [1.54, 1.807) is 25.1 Å². The summed E-state index contributed by atoms with van der Waals surface area (Å²) in [6.45, 7) is 3.92. The molecule has 1 N–H and O–H groups in total. The van der Waals surface area contributed by atoms with Crippen LogP contribution >= 0.6 is 0 Å². The lowest BCUT2D eigenvalue weighted by Crippen LogP contribution is -2.52. The second-order valence-electron chi connectivity index (χ2n) is 11.8. The number of rotatable bonds is 8. The highest BCUT2D eigenvalue weighted by Crippen LogP contribution is 2.47. The molecule has 45 heavy (non-hydrogen) atoms. The van der Waals surface area contributed by atoms with Gasteiger partial charge in [0.25, 0.3) is 10.0 Å². The smallest absolute Gasteiger partial charge is 0.311 e. The second-order valence-corrected chi connectivity index (χ2v) is 13.6. The van der Waals surface area contributed by atoms with Crippen molar-refractivity contribution in [3.63, 3.8) is 0 Å². The van der Waals surface area contributed by atoms with Gasteiger partial charge < -0.3 is 10.1 Å². The SMILES string of the molecule is CCOC(=O)[C@H]1C2CCC(CC2)[C@@H]1Nc1nc(-c2cn(S(=O)(=O)c3ccc(C)cc3)c3ncc(F)cc23)nn2cc(C=O)cc12. The first-order valence-corrected chi connectivity index (χ1v) is 16.4. The van der Waals surface area contributed by atoms with Gasteiger partial charge in [-0.15, -0.1) is 5.10 Å². The summed E-state index contributed by atoms with van der Waals surface area (Å²) in [6.07, 6.45) is 8.35. The fraction of sp³-hybridized carbons (Fsp3) is 0.344. The van der Waals surface area contributed by atoms with E-state index >= 15 is 0 Å². The van der Waals surface area contributed by atoms with E-state index < -0.39 is 15.8 Å². The summed E-state index contributed by atoms with van der Waals surface area (Å²) in [7, 11) is -4.13. The van der Waals surface area contributed by atoms with Gasteiger partial charge in [0.2, 0.25) is 0 Å². The van der Waals surface area contributed by atoms with Gasteiger partial charge in [-0.05, 0) is 75.6 Å². The van der Waals surface area contributed by atoms with Crippen LogP contribution in [0.2, 0.25) is 0 Å². The molecule has 11 nitrogen and oxygen atoms in total. The Labute approximate surface area is 258 Å². The Hall–Kier alpha value is -4.65. The molecule has 0 radical (unpaired) electrons. The molecule has 3 aliphatic carbocycles. The number of esters is 1. The number of carbonyl (C=O) groups excluding carboxylic acids is 2. The van der Waals surface area contributed by atoms with Crippen LogP contribution in [0.4, 0.5) is 10.2 Å². The van der Waals surface area contributed by atoms with Crippen LogP contribution in [0.25, 0.3) is 27.9 Å². The number of hydrogen-bond donors (Lipinski definition) is 1. The van der Waals surface area contributed by atoms with E-state index in [1.807, 2.05) is 6.92 Å². The molecule has 8 rings (SSSR count). The summed E-state index contributed by atoms with van der Waals surface area (Å²) in [5.41, 5.74) is 2.00. The first kappa shape index (κ1) is 29.1. The third kappa shape index (κ3) is 4.95. The highest BCUT2D eigenvalue weighted by atomic mass is 32.2. The Balaban J connectivity index is 1.39. The summed E-state index contributed by atoms with van der Waals surface area (Å²) in [4.78, 5) is 33.9. The zero-order chi connectivity index (χ0) is 31.5. The molecule has 0 amide bonds. The maximum atomic E-state index is 14.6. The van der Waals surface area contributed by atoms with Crippen molar-refractivity contribution in [2.24, 2.45) is 17.8 Å². The number of aromatic nitrogens is 5. The van der Waals surface area contributed by atoms with Crippen LogP contribution < -0.4 is 5.32 Å². The number of nitrogens with one attached hydrogen (secondary N) is 1. The maximum Gasteiger partial charge on any atom is 0.311 e. The number of pyridine rings is 1. The Morgan fingerprint density at radius 1 is 1.11 bits per heavy atom. The summed E-state index contributed by atoms with van der Waals surface area (Å²) in [5, 5.41) is 8.33. The molecule has 1 aromatic carbocycles. The molecule has 0 aliphatic heterocycles. The van der Waals surface area contributed by atoms with Gasteiger partial charge >= 0.3 is 5.97 Å². The van der Waals surface area contributed by atoms with Gasteiger partial charge in [-0.1, -0.05) is 17.7 Å². The van der Waals surface area contributed by atoms with Crippen molar-refractivity contribution >= 4 is 44.6 Å². The standard InChI is InChI=1S/C32H31FN6O5S/c1-3-44-32(41)27-20-6-8-21(9-7-20)28(27)35-30-26-12-19(17-40)15-38(26)37-29(36-30)25-16-39(31-24(25)13-22(33)14-34-31)45(42,43)23-10-4-18(2)5-11-23/h4-5,10-17,20-21,27-28H,3,6-9H2,1-2H3,(H,35,36,37)/t20?,21?,27-,28-/m0/s1. The predicted molar refractivity (Wildman–Crippen MR) is 164 cm³/mol. The third-order valence-electron chi connectivity index (χ3n) is 9.10. The quantitative estimate of drug-likeness (QED) is 0.185. The number of anilines is 1. The molecule has 0 spiro atoms. The van der Waals surface area contributed by atoms with Gasteiger partial charge in [-0.2, -0.15) is 0 Å². The molecule has 2 bridgehead atoms. The average Bonchev–Trinajstić information content (AvgIpc) is 3.64. The summed E-state index contributed by atoms with van der Waals surface area (Å²) in [5.74, 6) is -0.425. The number of hydrogen-bond acceptors (Lipinski definition) is 9. The minimum atomic E-state index is -4.13. The van der Waals surface area contributed by atoms with Gasteiger partial charge in [0.05, 0.1) is 23.6 Å². The lowest BCUT2D eigenvalue weighted by molar-refractivity contribution is -0.154. The van der Waals surface area contributed by atoms with Gasteiger partial charge in [0, 0.05) is 34.9 Å². The molecule has 13 heteroatoms. The van der Waals surface area contributed by atoms with Crippen molar-refractivity contribution in [3.8, 4) is 11.4 Å². The highest BCUT2D eigenvalue weighted by Gasteiger charge is 2.48. The van der Waals surface area contributed by atoms with Crippen LogP contribution in [0.3, 0.4) is 0 Å². The monoisotopic (exact) mass is 630 g/mol. The van der Waals surface area contributed by atoms with E-state index in [-0.39, 0.29) is 63.7 Å². The third-order valence-corrected chi connectivity index (χ3v) is 10.8. The number of halogens is 1. The number of nitrogens with zero attached hydrogens (tertiary/aromatic N) is 5. The van der Waals surface area contributed by atoms with Gasteiger partial charge in [-0.3, -0.25) is 9.59 Å². The van der Waals surface area contributed by atoms with E-state index in [0.717, 1.165) is 41.4 Å². The van der Waals surface area contributed by atoms with Crippen molar-refractivity contribution in [2.75, 3.05) is 11.9 Å². The van der Waals surface area contributed by atoms with Crippen LogP contribution in [0.1, 0.15) is 48.5 Å². The zero-order valence-corrected chi connectivity index (χ0v) is 25.5. The lowest BCUT2D eigenvalue weighted by atomic mass is 9.61. The summed E-state index contributed by atoms with van der Waals surface area (Å²) < 4.78 is 50.1. The zero-order valence-electron chi connectivity index (χ0n) is 24.7. The van der Waals surface area contributed by atoms with Crippen molar-refractivity contribution in [1.82, 2.24) is 23.6 Å². The first-order chi connectivity index (χ1) is 21.7. The van der Waals surface area contributed by atoms with Gasteiger partial charge in [0.15, 0.2) is 23.6 Å². The molecule has 3 aliphatic rings. The predicted octanol–water partition coefficient (Wildman–Crippen LogP) is 5.02. The highest BCUT2D eigenvalue weighted by molar-refractivity contribution is 7.90. The van der Waals surface area contributed by atoms with Crippen molar-refractivity contribution in [2.45, 2.75) is 50.5 Å². The topological polar surface area (TPSA) is 138 Å². The number of benzene rings is 1. The van der Waals surface area contributed by atoms with E-state index in [4.69, 9.17) is 9.72 Å². The van der Waals surface area contributed by atoms with Crippen LogP contribution in [0.5, 0.6) is 0 Å². The Morgan fingerprint density at radius 3 is 2.56 bits per heavy atom. The fourth-order valence-corrected chi connectivity index (χ4v) is 8.26. The van der Waals surface area contributed by atoms with Crippen LogP contribution in [-0.2, 0) is 19.6 Å². The summed E-state index contributed by atoms with van der Waals surface area (Å²) >= 11 is 0. The molecule has 3 saturated carbocycles. The molecule has 2 atom stereocenters. The van der Waals surface area contributed by atoms with Crippen molar-refractivity contribution < 1.29 is 27.1 Å². The molecular formula is C32H31FN6O5S. The minimum Gasteiger partial charge on any atom is -0.466 e. The maximum absolute atomic E-state index is 14.6. The van der Waals surface area contributed by atoms with Crippen molar-refractivity contribution in [1.29, 1.82) is 0 Å². The molecule has 0 unspecified atom stereocenters. The Bertz CT molecular complexity index is 2070. The Morgan fingerprint density at radius 2 is 1.84 bits per heavy atom. The van der Waals surface area contributed by atoms with Gasteiger partial charge in [0.1, 0.15) is 11.3 Å². The molecule has 3 fully saturated rings. The minimum absolute atomic E-state index is 0.0123. The Kier molecular flexibility index (Phi) is 7.15. The van der Waals surface area contributed by atoms with Gasteiger partial charge in [-0.25, -0.2) is 31.3 Å². The molecule has 4 heterocycles.